The predicted octanol–water partition coefficient (Wildman–Crippen LogP) is 3.32. The van der Waals surface area contributed by atoms with Gasteiger partial charge in [0.05, 0.1) is 32.0 Å². The molecule has 0 radical (unpaired) electrons. The van der Waals surface area contributed by atoms with Gasteiger partial charge in [-0.2, -0.15) is 0 Å². The third-order valence-corrected chi connectivity index (χ3v) is 4.75. The average molecular weight is 485 g/mol. The van der Waals surface area contributed by atoms with Gasteiger partial charge in [-0.25, -0.2) is 0 Å². The number of esters is 1. The van der Waals surface area contributed by atoms with E-state index in [9.17, 15) is 14.4 Å². The zero-order valence-corrected chi connectivity index (χ0v) is 19.3. The van der Waals surface area contributed by atoms with Crippen LogP contribution in [0.3, 0.4) is 0 Å². The summed E-state index contributed by atoms with van der Waals surface area (Å²) in [7, 11) is 4.27. The average Bonchev–Trinajstić information content (AvgIpc) is 2.78. The highest BCUT2D eigenvalue weighted by molar-refractivity contribution is 6.35. The molecule has 0 aliphatic carbocycles. The fourth-order valence-corrected chi connectivity index (χ4v) is 2.92. The summed E-state index contributed by atoms with van der Waals surface area (Å²) in [6.45, 7) is 0.914. The highest BCUT2D eigenvalue weighted by Gasteiger charge is 2.21. The maximum atomic E-state index is 12.4. The molecule has 9 nitrogen and oxygen atoms in total. The number of carbonyl (C=O) groups excluding carboxylic acids is 3. The Morgan fingerprint density at radius 2 is 1.59 bits per heavy atom. The lowest BCUT2D eigenvalue weighted by Gasteiger charge is -2.15. The highest BCUT2D eigenvalue weighted by Crippen LogP contribution is 2.38. The molecule has 2 aromatic rings. The van der Waals surface area contributed by atoms with Crippen molar-refractivity contribution < 1.29 is 33.3 Å². The van der Waals surface area contributed by atoms with Crippen LogP contribution in [-0.4, -0.2) is 51.8 Å². The van der Waals surface area contributed by atoms with E-state index in [0.29, 0.717) is 10.8 Å². The van der Waals surface area contributed by atoms with Crippen molar-refractivity contribution in [1.29, 1.82) is 0 Å². The predicted molar refractivity (Wildman–Crippen MR) is 119 cm³/mol. The molecule has 1 atom stereocenters. The number of carbonyl (C=O) groups is 3. The smallest absolute Gasteiger partial charge is 0.326 e. The summed E-state index contributed by atoms with van der Waals surface area (Å²) in [6, 6.07) is 7.43. The second kappa shape index (κ2) is 11.4. The van der Waals surface area contributed by atoms with E-state index in [0.717, 1.165) is 0 Å². The molecular weight excluding hydrogens is 463 g/mol. The first-order valence-electron chi connectivity index (χ1n) is 9.23. The van der Waals surface area contributed by atoms with E-state index >= 15 is 0 Å². The lowest BCUT2D eigenvalue weighted by atomic mass is 10.1. The Kier molecular flexibility index (Phi) is 8.98. The van der Waals surface area contributed by atoms with Gasteiger partial charge >= 0.3 is 5.97 Å². The van der Waals surface area contributed by atoms with E-state index in [4.69, 9.17) is 42.1 Å². The normalized spacial score (nSPS) is 11.2. The van der Waals surface area contributed by atoms with Gasteiger partial charge in [-0.3, -0.25) is 14.4 Å². The van der Waals surface area contributed by atoms with Crippen LogP contribution in [0.4, 0.5) is 5.69 Å². The van der Waals surface area contributed by atoms with Gasteiger partial charge in [-0.15, -0.1) is 0 Å². The summed E-state index contributed by atoms with van der Waals surface area (Å²) in [5, 5.41) is 5.59. The number of halogens is 2. The molecule has 2 rings (SSSR count). The van der Waals surface area contributed by atoms with Crippen LogP contribution in [0.2, 0.25) is 10.0 Å². The number of hydrogen-bond donors (Lipinski definition) is 2. The Balaban J connectivity index is 1.95. The van der Waals surface area contributed by atoms with Crippen molar-refractivity contribution in [1.82, 2.24) is 5.32 Å². The number of anilines is 1. The summed E-state index contributed by atoms with van der Waals surface area (Å²) < 4.78 is 20.7. The van der Waals surface area contributed by atoms with Crippen LogP contribution in [-0.2, 0) is 14.3 Å². The number of hydrogen-bond acceptors (Lipinski definition) is 7. The minimum absolute atomic E-state index is 0.175. The topological polar surface area (TPSA) is 112 Å². The Morgan fingerprint density at radius 3 is 2.16 bits per heavy atom. The van der Waals surface area contributed by atoms with E-state index in [-0.39, 0.29) is 27.8 Å². The molecule has 0 saturated heterocycles. The number of benzene rings is 2. The number of amides is 2. The molecule has 1 unspecified atom stereocenters. The quantitative estimate of drug-likeness (QED) is 0.524. The molecule has 2 amide bonds. The Bertz CT molecular complexity index is 989. The second-order valence-corrected chi connectivity index (χ2v) is 7.19. The molecule has 172 valence electrons. The molecule has 0 fully saturated rings. The van der Waals surface area contributed by atoms with Crippen molar-refractivity contribution in [2.75, 3.05) is 33.2 Å². The van der Waals surface area contributed by atoms with Crippen LogP contribution < -0.4 is 24.8 Å². The van der Waals surface area contributed by atoms with Crippen LogP contribution in [0.25, 0.3) is 0 Å². The van der Waals surface area contributed by atoms with Crippen molar-refractivity contribution in [3.63, 3.8) is 0 Å². The molecule has 0 aliphatic rings. The van der Waals surface area contributed by atoms with Gasteiger partial charge < -0.3 is 29.6 Å². The van der Waals surface area contributed by atoms with E-state index < -0.39 is 30.4 Å². The molecule has 11 heteroatoms. The summed E-state index contributed by atoms with van der Waals surface area (Å²) >= 11 is 11.9. The molecule has 0 aromatic heterocycles. The molecule has 2 aromatic carbocycles. The first-order chi connectivity index (χ1) is 15.2. The van der Waals surface area contributed by atoms with Crippen molar-refractivity contribution in [3.8, 4) is 17.2 Å². The monoisotopic (exact) mass is 484 g/mol. The molecule has 0 spiro atoms. The fourth-order valence-electron chi connectivity index (χ4n) is 2.59. The van der Waals surface area contributed by atoms with Gasteiger partial charge in [0.25, 0.3) is 11.8 Å². The summed E-state index contributed by atoms with van der Waals surface area (Å²) in [4.78, 5) is 36.8. The van der Waals surface area contributed by atoms with Crippen LogP contribution in [0.1, 0.15) is 17.3 Å². The number of nitrogens with one attached hydrogen (secondary N) is 2. The van der Waals surface area contributed by atoms with Gasteiger partial charge in [0, 0.05) is 10.6 Å². The molecule has 2 N–H and O–H groups in total. The standard InChI is InChI=1S/C21H22Cl2N2O7/c1-11(20(27)25-15-9-13(22)5-6-14(15)23)32-18(26)10-24-21(28)12-7-16(29-2)19(31-4)17(8-12)30-3/h5-9,11H,10H2,1-4H3,(H,24,28)(H,25,27). The molecule has 32 heavy (non-hydrogen) atoms. The van der Waals surface area contributed by atoms with E-state index in [1.807, 2.05) is 0 Å². The molecule has 0 aliphatic heterocycles. The maximum absolute atomic E-state index is 12.4. The maximum Gasteiger partial charge on any atom is 0.326 e. The van der Waals surface area contributed by atoms with E-state index in [2.05, 4.69) is 10.6 Å². The van der Waals surface area contributed by atoms with Crippen LogP contribution in [0.15, 0.2) is 30.3 Å². The summed E-state index contributed by atoms with van der Waals surface area (Å²) in [5.74, 6) is -1.12. The Hall–Kier alpha value is -3.17. The third-order valence-electron chi connectivity index (χ3n) is 4.18. The first-order valence-corrected chi connectivity index (χ1v) is 9.99. The van der Waals surface area contributed by atoms with Crippen LogP contribution in [0, 0.1) is 0 Å². The lowest BCUT2D eigenvalue weighted by molar-refractivity contribution is -0.152. The Labute approximate surface area is 194 Å². The van der Waals surface area contributed by atoms with Crippen molar-refractivity contribution in [2.45, 2.75) is 13.0 Å². The van der Waals surface area contributed by atoms with Gasteiger partial charge in [-0.1, -0.05) is 23.2 Å². The molecule has 0 bridgehead atoms. The summed E-state index contributed by atoms with van der Waals surface area (Å²) in [6.07, 6.45) is -1.14. The van der Waals surface area contributed by atoms with E-state index in [1.54, 1.807) is 6.07 Å². The fraction of sp³-hybridized carbons (Fsp3) is 0.286. The largest absolute Gasteiger partial charge is 0.493 e. The van der Waals surface area contributed by atoms with Gasteiger partial charge in [-0.05, 0) is 37.3 Å². The SMILES string of the molecule is COc1cc(C(=O)NCC(=O)OC(C)C(=O)Nc2cc(Cl)ccc2Cl)cc(OC)c1OC. The molecular formula is C21H22Cl2N2O7. The molecule has 0 heterocycles. The minimum Gasteiger partial charge on any atom is -0.493 e. The van der Waals surface area contributed by atoms with Crippen molar-refractivity contribution >= 4 is 46.7 Å². The van der Waals surface area contributed by atoms with Crippen LogP contribution in [0.5, 0.6) is 17.2 Å². The highest BCUT2D eigenvalue weighted by atomic mass is 35.5. The third kappa shape index (κ3) is 6.41. The number of methoxy groups -OCH3 is 3. The second-order valence-electron chi connectivity index (χ2n) is 6.34. The first kappa shape index (κ1) is 25.1. The number of ether oxygens (including phenoxy) is 4. The minimum atomic E-state index is -1.14. The van der Waals surface area contributed by atoms with Crippen molar-refractivity contribution in [2.24, 2.45) is 0 Å². The van der Waals surface area contributed by atoms with E-state index in [1.165, 1.54) is 52.5 Å². The zero-order chi connectivity index (χ0) is 23.8. The lowest BCUT2D eigenvalue weighted by Crippen LogP contribution is -2.35. The zero-order valence-electron chi connectivity index (χ0n) is 17.8. The van der Waals surface area contributed by atoms with Gasteiger partial charge in [0.1, 0.15) is 6.54 Å². The van der Waals surface area contributed by atoms with Gasteiger partial charge in [0.15, 0.2) is 17.6 Å². The molecule has 0 saturated carbocycles. The Morgan fingerprint density at radius 1 is 0.969 bits per heavy atom. The van der Waals surface area contributed by atoms with Crippen LogP contribution >= 0.6 is 23.2 Å². The summed E-state index contributed by atoms with van der Waals surface area (Å²) in [5.41, 5.74) is 0.455. The van der Waals surface area contributed by atoms with Crippen molar-refractivity contribution in [3.05, 3.63) is 45.9 Å². The number of rotatable bonds is 9. The van der Waals surface area contributed by atoms with Gasteiger partial charge in [0.2, 0.25) is 5.75 Å².